The Balaban J connectivity index is 1.86. The van der Waals surface area contributed by atoms with Gasteiger partial charge in [0, 0.05) is 40.8 Å². The predicted molar refractivity (Wildman–Crippen MR) is 115 cm³/mol. The lowest BCUT2D eigenvalue weighted by Gasteiger charge is -2.31. The van der Waals surface area contributed by atoms with Gasteiger partial charge in [0.2, 0.25) is 0 Å². The third-order valence-corrected chi connectivity index (χ3v) is 7.00. The van der Waals surface area contributed by atoms with Gasteiger partial charge >= 0.3 is 14.1 Å². The molecule has 0 radical (unpaired) electrons. The number of methoxy groups -OCH3 is 1. The smallest absolute Gasteiger partial charge is 0.466 e. The third-order valence-electron chi connectivity index (χ3n) is 5.00. The van der Waals surface area contributed by atoms with E-state index in [-0.39, 0.29) is 11.1 Å². The maximum absolute atomic E-state index is 13.7. The number of benzene rings is 1. The van der Waals surface area contributed by atoms with Crippen molar-refractivity contribution < 1.29 is 23.0 Å². The normalized spacial score (nSPS) is 21.1. The van der Waals surface area contributed by atoms with E-state index in [1.165, 1.54) is 43.8 Å². The maximum atomic E-state index is 13.7. The summed E-state index contributed by atoms with van der Waals surface area (Å²) < 4.78 is 35.5. The van der Waals surface area contributed by atoms with Crippen LogP contribution in [0.5, 0.6) is 0 Å². The summed E-state index contributed by atoms with van der Waals surface area (Å²) in [5, 5.41) is 5.54. The Labute approximate surface area is 187 Å². The van der Waals surface area contributed by atoms with Gasteiger partial charge in [-0.25, -0.2) is 14.2 Å². The van der Waals surface area contributed by atoms with Gasteiger partial charge in [-0.15, -0.1) is 15.9 Å². The number of carbonyl (C=O) groups is 1. The van der Waals surface area contributed by atoms with Gasteiger partial charge in [-0.2, -0.15) is 0 Å². The summed E-state index contributed by atoms with van der Waals surface area (Å²) in [5.41, 5.74) is 1.44. The molecule has 0 saturated carbocycles. The molecule has 0 aliphatic carbocycles. The van der Waals surface area contributed by atoms with E-state index in [2.05, 4.69) is 10.1 Å². The number of halogens is 2. The summed E-state index contributed by atoms with van der Waals surface area (Å²) in [7, 11) is 0.583. The summed E-state index contributed by atoms with van der Waals surface area (Å²) >= 11 is 7.73. The molecule has 31 heavy (non-hydrogen) atoms. The molecule has 1 aromatic carbocycles. The average Bonchev–Trinajstić information content (AvgIpc) is 3.42. The summed E-state index contributed by atoms with van der Waals surface area (Å²) in [5.74, 6) is -0.500. The number of rotatable bonds is 6. The highest BCUT2D eigenvalue weighted by atomic mass is 35.5. The molecule has 1 unspecified atom stereocenters. The van der Waals surface area contributed by atoms with Crippen molar-refractivity contribution in [2.24, 2.45) is 4.99 Å². The van der Waals surface area contributed by atoms with Gasteiger partial charge in [0.25, 0.3) is 0 Å². The molecule has 1 saturated heterocycles. The van der Waals surface area contributed by atoms with Crippen LogP contribution < -0.4 is 5.09 Å². The fourth-order valence-corrected chi connectivity index (χ4v) is 5.19. The molecule has 0 bridgehead atoms. The minimum absolute atomic E-state index is 0.151. The van der Waals surface area contributed by atoms with E-state index < -0.39 is 26.0 Å². The molecule has 2 aliphatic rings. The Kier molecular flexibility index (Phi) is 6.45. The molecular formula is C19H18ClFN4O4PS+. The number of carbonyl (C=O) groups excluding carboxylic acids is 1. The van der Waals surface area contributed by atoms with E-state index in [4.69, 9.17) is 25.9 Å². The average molecular weight is 484 g/mol. The summed E-state index contributed by atoms with van der Waals surface area (Å²) in [6.07, 6.45) is 2.05. The Morgan fingerprint density at radius 3 is 2.87 bits per heavy atom. The Morgan fingerprint density at radius 1 is 1.42 bits per heavy atom. The van der Waals surface area contributed by atoms with Crippen molar-refractivity contribution in [2.45, 2.75) is 18.5 Å². The highest BCUT2D eigenvalue weighted by molar-refractivity contribution is 7.36. The van der Waals surface area contributed by atoms with Gasteiger partial charge in [0.1, 0.15) is 11.9 Å². The Hall–Kier alpha value is -2.23. The van der Waals surface area contributed by atoms with Crippen LogP contribution in [0.4, 0.5) is 4.39 Å². The van der Waals surface area contributed by atoms with Crippen LogP contribution in [-0.4, -0.2) is 48.5 Å². The van der Waals surface area contributed by atoms with E-state index in [0.717, 1.165) is 0 Å². The van der Waals surface area contributed by atoms with Gasteiger partial charge in [0.15, 0.2) is 10.8 Å². The van der Waals surface area contributed by atoms with Gasteiger partial charge < -0.3 is 9.64 Å². The number of nitrogens with zero attached hydrogens (tertiary/aromatic N) is 3. The third kappa shape index (κ3) is 4.26. The van der Waals surface area contributed by atoms with Crippen LogP contribution in [0.3, 0.4) is 0 Å². The number of esters is 1. The zero-order chi connectivity index (χ0) is 22.1. The first-order valence-corrected chi connectivity index (χ1v) is 11.7. The number of nitrogens with one attached hydrogen (secondary N) is 1. The van der Waals surface area contributed by atoms with Gasteiger partial charge in [-0.3, -0.25) is 4.99 Å². The molecule has 1 aromatic heterocycles. The van der Waals surface area contributed by atoms with Crippen molar-refractivity contribution in [1.29, 1.82) is 0 Å². The minimum atomic E-state index is -2.05. The van der Waals surface area contributed by atoms with Crippen molar-refractivity contribution in [1.82, 2.24) is 15.0 Å². The predicted octanol–water partition coefficient (Wildman–Crippen LogP) is 3.83. The first kappa shape index (κ1) is 22.0. The first-order valence-electron chi connectivity index (χ1n) is 9.22. The summed E-state index contributed by atoms with van der Waals surface area (Å²) in [6, 6.07) is 2.90. The Bertz CT molecular complexity index is 1090. The Morgan fingerprint density at radius 2 is 2.23 bits per heavy atom. The fraction of sp³-hybridized carbons (Fsp3) is 0.316. The standard InChI is InChI=1S/C19H18ClFN4O4PS/c1-28-19(26)15-14-8-11(24-30(27)29-2)9-25(14)17(18-22-5-6-31-18)23-16(15)12-4-3-10(21)7-13(12)20/h3-7,11,16H,8-9H2,1-2H3,(H,24,27)/q+1/t11-,16-/m0/s1. The van der Waals surface area contributed by atoms with Gasteiger partial charge in [-0.05, 0) is 16.7 Å². The molecule has 3 atom stereocenters. The summed E-state index contributed by atoms with van der Waals surface area (Å²) in [6.45, 7) is 0.405. The number of hydrogen-bond acceptors (Lipinski definition) is 8. The maximum Gasteiger partial charge on any atom is 0.613 e. The topological polar surface area (TPSA) is 93.1 Å². The lowest BCUT2D eigenvalue weighted by atomic mass is 9.94. The van der Waals surface area contributed by atoms with Crippen LogP contribution in [0, 0.1) is 5.82 Å². The van der Waals surface area contributed by atoms with Crippen molar-refractivity contribution in [2.75, 3.05) is 20.8 Å². The number of aromatic nitrogens is 1. The second-order valence-corrected chi connectivity index (χ2v) is 9.23. The molecular weight excluding hydrogens is 466 g/mol. The summed E-state index contributed by atoms with van der Waals surface area (Å²) in [4.78, 5) is 23.9. The molecule has 3 heterocycles. The van der Waals surface area contributed by atoms with Crippen molar-refractivity contribution in [3.8, 4) is 0 Å². The van der Waals surface area contributed by atoms with Crippen LogP contribution in [0.1, 0.15) is 23.0 Å². The highest BCUT2D eigenvalue weighted by Gasteiger charge is 2.44. The van der Waals surface area contributed by atoms with E-state index in [1.807, 2.05) is 10.3 Å². The second kappa shape index (κ2) is 9.10. The minimum Gasteiger partial charge on any atom is -0.466 e. The van der Waals surface area contributed by atoms with Gasteiger partial charge in [-0.1, -0.05) is 22.8 Å². The number of aliphatic imine (C=N–C) groups is 1. The van der Waals surface area contributed by atoms with E-state index in [0.29, 0.717) is 40.6 Å². The number of ether oxygens (including phenoxy) is 1. The molecule has 2 aliphatic heterocycles. The SMILES string of the molecule is COC(=O)C1=C2C[C@H](N[P+](=O)OC)CN2C(c2nccs2)=N[C@H]1c1ccc(F)cc1Cl. The van der Waals surface area contributed by atoms with Crippen molar-refractivity contribution in [3.05, 3.63) is 62.5 Å². The molecule has 0 amide bonds. The number of hydrogen-bond donors (Lipinski definition) is 1. The first-order chi connectivity index (χ1) is 14.9. The second-order valence-electron chi connectivity index (χ2n) is 6.79. The molecule has 2 aromatic rings. The zero-order valence-electron chi connectivity index (χ0n) is 16.5. The van der Waals surface area contributed by atoms with Crippen LogP contribution in [0.2, 0.25) is 5.02 Å². The van der Waals surface area contributed by atoms with Crippen LogP contribution in [-0.2, 0) is 18.6 Å². The highest BCUT2D eigenvalue weighted by Crippen LogP contribution is 2.43. The largest absolute Gasteiger partial charge is 0.613 e. The molecule has 162 valence electrons. The van der Waals surface area contributed by atoms with E-state index >= 15 is 0 Å². The van der Waals surface area contributed by atoms with Crippen molar-refractivity contribution in [3.63, 3.8) is 0 Å². The van der Waals surface area contributed by atoms with E-state index in [9.17, 15) is 13.8 Å². The lowest BCUT2D eigenvalue weighted by molar-refractivity contribution is -0.136. The molecule has 8 nitrogen and oxygen atoms in total. The van der Waals surface area contributed by atoms with Crippen LogP contribution in [0.15, 0.2) is 46.0 Å². The van der Waals surface area contributed by atoms with Crippen LogP contribution in [0.25, 0.3) is 0 Å². The molecule has 0 spiro atoms. The number of fused-ring (bicyclic) bond motifs is 1. The van der Waals surface area contributed by atoms with Gasteiger partial charge in [0.05, 0.1) is 25.8 Å². The molecule has 1 N–H and O–H groups in total. The fourth-order valence-electron chi connectivity index (χ4n) is 3.70. The van der Waals surface area contributed by atoms with Crippen LogP contribution >= 0.6 is 31.1 Å². The van der Waals surface area contributed by atoms with E-state index in [1.54, 1.807) is 6.20 Å². The molecule has 4 rings (SSSR count). The number of thiazole rings is 1. The number of amidine groups is 1. The quantitative estimate of drug-likeness (QED) is 0.493. The van der Waals surface area contributed by atoms with Crippen molar-refractivity contribution >= 4 is 42.9 Å². The molecule has 12 heteroatoms. The lowest BCUT2D eigenvalue weighted by Crippen LogP contribution is -2.37. The zero-order valence-corrected chi connectivity index (χ0v) is 19.0. The molecule has 1 fully saturated rings. The monoisotopic (exact) mass is 483 g/mol.